The maximum Gasteiger partial charge on any atom is 0.285 e. The summed E-state index contributed by atoms with van der Waals surface area (Å²) >= 11 is 0. The molecule has 1 aromatic rings. The Balaban J connectivity index is 2.91. The average molecular weight is 317 g/mol. The minimum Gasteiger partial charge on any atom is -0.386 e. The van der Waals surface area contributed by atoms with Gasteiger partial charge >= 0.3 is 0 Å². The van der Waals surface area contributed by atoms with Crippen molar-refractivity contribution in [1.29, 1.82) is 0 Å². The highest BCUT2D eigenvalue weighted by Crippen LogP contribution is 2.25. The van der Waals surface area contributed by atoms with Crippen molar-refractivity contribution < 1.29 is 18.3 Å². The van der Waals surface area contributed by atoms with Crippen molar-refractivity contribution in [3.8, 4) is 0 Å². The number of hydrogen-bond acceptors (Lipinski definition) is 5. The van der Waals surface area contributed by atoms with Gasteiger partial charge in [-0.2, -0.15) is 0 Å². The van der Waals surface area contributed by atoms with Gasteiger partial charge in [0.2, 0.25) is 0 Å². The Kier molecular flexibility index (Phi) is 6.22. The van der Waals surface area contributed by atoms with Crippen LogP contribution in [0.2, 0.25) is 0 Å². The summed E-state index contributed by atoms with van der Waals surface area (Å²) in [5, 5.41) is 15.9. The summed E-state index contributed by atoms with van der Waals surface area (Å²) in [6, 6.07) is 1.81. The van der Waals surface area contributed by atoms with Crippen LogP contribution in [0, 0.1) is 15.9 Å². The highest BCUT2D eigenvalue weighted by molar-refractivity contribution is 7.84. The lowest BCUT2D eigenvalue weighted by molar-refractivity contribution is -0.385. The molecule has 0 aromatic heterocycles. The number of amides is 1. The summed E-state index contributed by atoms with van der Waals surface area (Å²) < 4.78 is 24.4. The maximum absolute atomic E-state index is 13.5. The number of carbonyl (C=O) groups excluding carboxylic acids is 1. The second-order valence-electron chi connectivity index (χ2n) is 4.24. The van der Waals surface area contributed by atoms with Crippen LogP contribution in [0.25, 0.3) is 0 Å². The van der Waals surface area contributed by atoms with E-state index < -0.39 is 33.1 Å². The van der Waals surface area contributed by atoms with E-state index in [4.69, 9.17) is 0 Å². The molecule has 0 saturated heterocycles. The minimum atomic E-state index is -0.964. The standard InChI is InChI=1S/C12H16FN3O4S/c1-14-10-6-8(11(16(18)19)7-9(10)13)12(17)15-4-3-5-21(2)20/h6-7,14H,3-5H2,1-2H3,(H,15,17). The Hall–Kier alpha value is -2.03. The molecular weight excluding hydrogens is 301 g/mol. The number of carbonyl (C=O) groups is 1. The van der Waals surface area contributed by atoms with Gasteiger partial charge in [-0.1, -0.05) is 0 Å². The van der Waals surface area contributed by atoms with Crippen molar-refractivity contribution in [2.45, 2.75) is 6.42 Å². The fraction of sp³-hybridized carbons (Fsp3) is 0.417. The highest BCUT2D eigenvalue weighted by atomic mass is 32.2. The molecule has 2 N–H and O–H groups in total. The number of nitrogens with zero attached hydrogens (tertiary/aromatic N) is 1. The van der Waals surface area contributed by atoms with Gasteiger partial charge in [0, 0.05) is 36.4 Å². The molecule has 0 aliphatic carbocycles. The lowest BCUT2D eigenvalue weighted by Gasteiger charge is -2.08. The van der Waals surface area contributed by atoms with E-state index in [2.05, 4.69) is 10.6 Å². The number of hydrogen-bond donors (Lipinski definition) is 2. The zero-order valence-corrected chi connectivity index (χ0v) is 12.5. The Labute approximate surface area is 123 Å². The number of nitro benzene ring substituents is 1. The normalized spacial score (nSPS) is 11.8. The second-order valence-corrected chi connectivity index (χ2v) is 5.80. The van der Waals surface area contributed by atoms with E-state index in [-0.39, 0.29) is 17.8 Å². The van der Waals surface area contributed by atoms with Gasteiger partial charge in [-0.3, -0.25) is 19.1 Å². The third-order valence-electron chi connectivity index (χ3n) is 2.69. The van der Waals surface area contributed by atoms with Crippen LogP contribution in [0.5, 0.6) is 0 Å². The van der Waals surface area contributed by atoms with Crippen molar-refractivity contribution in [3.05, 3.63) is 33.6 Å². The largest absolute Gasteiger partial charge is 0.386 e. The van der Waals surface area contributed by atoms with Crippen LogP contribution in [-0.2, 0) is 10.8 Å². The summed E-state index contributed by atoms with van der Waals surface area (Å²) in [5.41, 5.74) is -0.813. The van der Waals surface area contributed by atoms with Crippen LogP contribution < -0.4 is 10.6 Å². The van der Waals surface area contributed by atoms with Gasteiger partial charge in [0.05, 0.1) is 16.7 Å². The monoisotopic (exact) mass is 317 g/mol. The molecule has 7 nitrogen and oxygen atoms in total. The molecular formula is C12H16FN3O4S. The van der Waals surface area contributed by atoms with E-state index in [1.807, 2.05) is 0 Å². The number of nitro groups is 1. The van der Waals surface area contributed by atoms with Crippen molar-refractivity contribution in [2.75, 3.05) is 30.9 Å². The van der Waals surface area contributed by atoms with E-state index in [0.29, 0.717) is 18.2 Å². The Morgan fingerprint density at radius 1 is 1.48 bits per heavy atom. The molecule has 1 unspecified atom stereocenters. The van der Waals surface area contributed by atoms with Crippen LogP contribution in [0.15, 0.2) is 12.1 Å². The van der Waals surface area contributed by atoms with Gasteiger partial charge in [-0.25, -0.2) is 4.39 Å². The van der Waals surface area contributed by atoms with Crippen LogP contribution in [0.3, 0.4) is 0 Å². The summed E-state index contributed by atoms with van der Waals surface area (Å²) in [4.78, 5) is 22.0. The first kappa shape index (κ1) is 17.0. The van der Waals surface area contributed by atoms with E-state index in [1.165, 1.54) is 7.05 Å². The predicted octanol–water partition coefficient (Wildman–Crippen LogP) is 1.27. The topological polar surface area (TPSA) is 101 Å². The van der Waals surface area contributed by atoms with E-state index >= 15 is 0 Å². The van der Waals surface area contributed by atoms with Gasteiger partial charge in [-0.05, 0) is 12.5 Å². The van der Waals surface area contributed by atoms with E-state index in [0.717, 1.165) is 6.07 Å². The number of nitrogens with one attached hydrogen (secondary N) is 2. The SMILES string of the molecule is CNc1cc(C(=O)NCCCS(C)=O)c([N+](=O)[O-])cc1F. The maximum atomic E-state index is 13.5. The molecule has 1 amide bonds. The molecule has 1 atom stereocenters. The molecule has 0 aliphatic heterocycles. The Bertz CT molecular complexity index is 580. The summed E-state index contributed by atoms with van der Waals surface area (Å²) in [5.74, 6) is -1.05. The molecule has 1 aromatic carbocycles. The Morgan fingerprint density at radius 2 is 2.14 bits per heavy atom. The Morgan fingerprint density at radius 3 is 2.67 bits per heavy atom. The summed E-state index contributed by atoms with van der Waals surface area (Å²) in [6.07, 6.45) is 2.04. The molecule has 0 bridgehead atoms. The second kappa shape index (κ2) is 7.67. The number of halogens is 1. The predicted molar refractivity (Wildman–Crippen MR) is 78.5 cm³/mol. The molecule has 0 spiro atoms. The highest BCUT2D eigenvalue weighted by Gasteiger charge is 2.23. The van der Waals surface area contributed by atoms with Crippen molar-refractivity contribution >= 4 is 28.1 Å². The number of anilines is 1. The van der Waals surface area contributed by atoms with Crippen LogP contribution in [-0.4, -0.2) is 40.6 Å². The van der Waals surface area contributed by atoms with Gasteiger partial charge in [0.25, 0.3) is 11.6 Å². The van der Waals surface area contributed by atoms with Crippen LogP contribution >= 0.6 is 0 Å². The van der Waals surface area contributed by atoms with Gasteiger partial charge in [0.1, 0.15) is 5.56 Å². The molecule has 0 saturated carbocycles. The smallest absolute Gasteiger partial charge is 0.285 e. The van der Waals surface area contributed by atoms with Gasteiger partial charge in [0.15, 0.2) is 5.82 Å². The molecule has 0 radical (unpaired) electrons. The quantitative estimate of drug-likeness (QED) is 0.448. The molecule has 9 heteroatoms. The first-order valence-corrected chi connectivity index (χ1v) is 7.83. The van der Waals surface area contributed by atoms with Crippen molar-refractivity contribution in [2.24, 2.45) is 0 Å². The molecule has 0 aliphatic rings. The van der Waals surface area contributed by atoms with E-state index in [9.17, 15) is 23.5 Å². The molecule has 1 rings (SSSR count). The zero-order valence-electron chi connectivity index (χ0n) is 11.6. The third-order valence-corrected chi connectivity index (χ3v) is 3.55. The van der Waals surface area contributed by atoms with E-state index in [1.54, 1.807) is 6.26 Å². The average Bonchev–Trinajstić information content (AvgIpc) is 2.42. The lowest BCUT2D eigenvalue weighted by Crippen LogP contribution is -2.26. The summed E-state index contributed by atoms with van der Waals surface area (Å²) in [7, 11) is 0.483. The van der Waals surface area contributed by atoms with Crippen LogP contribution in [0.1, 0.15) is 16.8 Å². The molecule has 0 heterocycles. The fourth-order valence-electron chi connectivity index (χ4n) is 1.66. The molecule has 0 fully saturated rings. The van der Waals surface area contributed by atoms with Crippen molar-refractivity contribution in [3.63, 3.8) is 0 Å². The van der Waals surface area contributed by atoms with Gasteiger partial charge in [-0.15, -0.1) is 0 Å². The first-order chi connectivity index (χ1) is 9.86. The van der Waals surface area contributed by atoms with Gasteiger partial charge < -0.3 is 10.6 Å². The zero-order chi connectivity index (χ0) is 16.0. The summed E-state index contributed by atoms with van der Waals surface area (Å²) in [6.45, 7) is 0.238. The molecule has 116 valence electrons. The first-order valence-electron chi connectivity index (χ1n) is 6.10. The third kappa shape index (κ3) is 4.78. The van der Waals surface area contributed by atoms with Crippen LogP contribution in [0.4, 0.5) is 15.8 Å². The number of benzene rings is 1. The lowest BCUT2D eigenvalue weighted by atomic mass is 10.1. The minimum absolute atomic E-state index is 0.000381. The fourth-order valence-corrected chi connectivity index (χ4v) is 2.21. The molecule has 21 heavy (non-hydrogen) atoms. The number of rotatable bonds is 7. The van der Waals surface area contributed by atoms with Crippen molar-refractivity contribution in [1.82, 2.24) is 5.32 Å².